The van der Waals surface area contributed by atoms with Gasteiger partial charge in [0.25, 0.3) is 5.69 Å². The number of nitrogens with zero attached hydrogens (tertiary/aromatic N) is 2. The number of carbonyl (C=O) groups is 1. The first kappa shape index (κ1) is 23.3. The molecular weight excluding hydrogens is 413 g/mol. The molecule has 0 saturated carbocycles. The van der Waals surface area contributed by atoms with Gasteiger partial charge in [0.2, 0.25) is 0 Å². The standard InChI is InChI=1S/C19H24N3O7P/c1-15(19(23)27-14-13-21(2)3)20-30(26,28-17-7-5-4-6-8-17)29-18-11-9-16(10-12-18)22(24)25/h4-12,15H,13-14H2,1-3H3,(H,20,26)/t15-,30?/m0/s1. The van der Waals surface area contributed by atoms with Crippen LogP contribution in [0.4, 0.5) is 5.69 Å². The van der Waals surface area contributed by atoms with Gasteiger partial charge in [-0.3, -0.25) is 14.9 Å². The van der Waals surface area contributed by atoms with E-state index in [-0.39, 0.29) is 23.8 Å². The predicted molar refractivity (Wildman–Crippen MR) is 111 cm³/mol. The Labute approximate surface area is 174 Å². The lowest BCUT2D eigenvalue weighted by Gasteiger charge is -2.23. The number of ether oxygens (including phenoxy) is 1. The monoisotopic (exact) mass is 437 g/mol. The van der Waals surface area contributed by atoms with Crippen LogP contribution in [-0.2, 0) is 14.1 Å². The first-order valence-corrected chi connectivity index (χ1v) is 10.6. The number of rotatable bonds is 11. The number of para-hydroxylation sites is 1. The van der Waals surface area contributed by atoms with Crippen LogP contribution < -0.4 is 14.1 Å². The molecule has 2 aromatic rings. The fraction of sp³-hybridized carbons (Fsp3) is 0.316. The number of nitro benzene ring substituents is 1. The van der Waals surface area contributed by atoms with Crippen LogP contribution in [0.1, 0.15) is 6.92 Å². The van der Waals surface area contributed by atoms with Crippen molar-refractivity contribution in [3.63, 3.8) is 0 Å². The number of nitrogens with one attached hydrogen (secondary N) is 1. The molecule has 11 heteroatoms. The van der Waals surface area contributed by atoms with Crippen LogP contribution in [0.25, 0.3) is 0 Å². The Bertz CT molecular complexity index is 891. The van der Waals surface area contributed by atoms with Crippen molar-refractivity contribution in [2.75, 3.05) is 27.2 Å². The first-order chi connectivity index (χ1) is 14.2. The van der Waals surface area contributed by atoms with E-state index in [1.165, 1.54) is 31.2 Å². The molecule has 162 valence electrons. The average Bonchev–Trinajstić information content (AvgIpc) is 2.68. The average molecular weight is 437 g/mol. The van der Waals surface area contributed by atoms with E-state index < -0.39 is 24.7 Å². The number of non-ortho nitro benzene ring substituents is 1. The van der Waals surface area contributed by atoms with Crippen molar-refractivity contribution in [3.8, 4) is 11.5 Å². The maximum Gasteiger partial charge on any atom is 0.513 e. The molecule has 0 spiro atoms. The van der Waals surface area contributed by atoms with Crippen molar-refractivity contribution in [1.29, 1.82) is 0 Å². The maximum atomic E-state index is 13.4. The highest BCUT2D eigenvalue weighted by Gasteiger charge is 2.34. The second-order valence-corrected chi connectivity index (χ2v) is 8.18. The Balaban J connectivity index is 2.15. The van der Waals surface area contributed by atoms with Crippen molar-refractivity contribution in [1.82, 2.24) is 9.99 Å². The summed E-state index contributed by atoms with van der Waals surface area (Å²) in [6.07, 6.45) is 0. The predicted octanol–water partition coefficient (Wildman–Crippen LogP) is 3.24. The van der Waals surface area contributed by atoms with Crippen LogP contribution in [0, 0.1) is 10.1 Å². The zero-order valence-electron chi connectivity index (χ0n) is 16.9. The minimum Gasteiger partial charge on any atom is -0.463 e. The molecule has 0 aliphatic rings. The molecule has 2 atom stereocenters. The van der Waals surface area contributed by atoms with E-state index in [1.807, 2.05) is 19.0 Å². The van der Waals surface area contributed by atoms with Gasteiger partial charge in [0.05, 0.1) is 4.92 Å². The second kappa shape index (κ2) is 10.7. The minimum atomic E-state index is -4.09. The maximum absolute atomic E-state index is 13.4. The third kappa shape index (κ3) is 7.47. The van der Waals surface area contributed by atoms with Crippen LogP contribution >= 0.6 is 7.75 Å². The molecule has 0 radical (unpaired) electrons. The Morgan fingerprint density at radius 1 is 1.10 bits per heavy atom. The van der Waals surface area contributed by atoms with E-state index in [0.717, 1.165) is 0 Å². The summed E-state index contributed by atoms with van der Waals surface area (Å²) in [5.41, 5.74) is -0.146. The molecule has 0 saturated heterocycles. The Morgan fingerprint density at radius 2 is 1.67 bits per heavy atom. The summed E-state index contributed by atoms with van der Waals surface area (Å²) in [7, 11) is -0.409. The Hall–Kier alpha value is -2.94. The number of esters is 1. The summed E-state index contributed by atoms with van der Waals surface area (Å²) < 4.78 is 29.5. The van der Waals surface area contributed by atoms with Gasteiger partial charge in [0, 0.05) is 18.7 Å². The van der Waals surface area contributed by atoms with E-state index in [1.54, 1.807) is 30.3 Å². The molecule has 0 aliphatic heterocycles. The normalized spacial score (nSPS) is 13.9. The first-order valence-electron chi connectivity index (χ1n) is 9.06. The van der Waals surface area contributed by atoms with Crippen molar-refractivity contribution >= 4 is 19.4 Å². The van der Waals surface area contributed by atoms with Gasteiger partial charge < -0.3 is 18.7 Å². The van der Waals surface area contributed by atoms with E-state index in [4.69, 9.17) is 13.8 Å². The lowest BCUT2D eigenvalue weighted by Crippen LogP contribution is -2.36. The summed E-state index contributed by atoms with van der Waals surface area (Å²) in [6, 6.07) is 12.3. The van der Waals surface area contributed by atoms with Gasteiger partial charge in [-0.15, -0.1) is 0 Å². The van der Waals surface area contributed by atoms with Crippen LogP contribution in [0.15, 0.2) is 54.6 Å². The number of likely N-dealkylation sites (N-methyl/N-ethyl adjacent to an activating group) is 1. The second-order valence-electron chi connectivity index (χ2n) is 6.57. The molecule has 2 aromatic carbocycles. The van der Waals surface area contributed by atoms with Crippen LogP contribution in [0.2, 0.25) is 0 Å². The lowest BCUT2D eigenvalue weighted by molar-refractivity contribution is -0.384. The third-order valence-corrected chi connectivity index (χ3v) is 5.34. The highest BCUT2D eigenvalue weighted by molar-refractivity contribution is 7.52. The summed E-state index contributed by atoms with van der Waals surface area (Å²) >= 11 is 0. The van der Waals surface area contributed by atoms with Crippen molar-refractivity contribution in [2.45, 2.75) is 13.0 Å². The number of hydrogen-bond acceptors (Lipinski definition) is 8. The van der Waals surface area contributed by atoms with Gasteiger partial charge >= 0.3 is 13.7 Å². The zero-order chi connectivity index (χ0) is 22.1. The van der Waals surface area contributed by atoms with Gasteiger partial charge in [0.15, 0.2) is 0 Å². The van der Waals surface area contributed by atoms with Crippen LogP contribution in [0.3, 0.4) is 0 Å². The molecule has 1 unspecified atom stereocenters. The highest BCUT2D eigenvalue weighted by Crippen LogP contribution is 2.45. The molecule has 0 bridgehead atoms. The fourth-order valence-corrected chi connectivity index (χ4v) is 3.72. The molecular formula is C19H24N3O7P. The van der Waals surface area contributed by atoms with E-state index in [9.17, 15) is 19.5 Å². The lowest BCUT2D eigenvalue weighted by atomic mass is 10.3. The number of hydrogen-bond donors (Lipinski definition) is 1. The molecule has 1 N–H and O–H groups in total. The van der Waals surface area contributed by atoms with Crippen molar-refractivity contribution < 1.29 is 28.1 Å². The van der Waals surface area contributed by atoms with Gasteiger partial charge in [-0.25, -0.2) is 4.57 Å². The van der Waals surface area contributed by atoms with Gasteiger partial charge in [0.1, 0.15) is 24.1 Å². The molecule has 0 heterocycles. The minimum absolute atomic E-state index is 0.0699. The molecule has 10 nitrogen and oxygen atoms in total. The Morgan fingerprint density at radius 3 is 2.20 bits per heavy atom. The van der Waals surface area contributed by atoms with E-state index in [2.05, 4.69) is 5.09 Å². The summed E-state index contributed by atoms with van der Waals surface area (Å²) in [6.45, 7) is 2.18. The van der Waals surface area contributed by atoms with Gasteiger partial charge in [-0.2, -0.15) is 5.09 Å². The quantitative estimate of drug-likeness (QED) is 0.244. The zero-order valence-corrected chi connectivity index (χ0v) is 17.8. The Kier molecular flexibility index (Phi) is 8.35. The largest absolute Gasteiger partial charge is 0.513 e. The summed E-state index contributed by atoms with van der Waals surface area (Å²) in [5, 5.41) is 13.4. The number of benzene rings is 2. The molecule has 0 fully saturated rings. The fourth-order valence-electron chi connectivity index (χ4n) is 2.20. The van der Waals surface area contributed by atoms with Crippen molar-refractivity contribution in [2.24, 2.45) is 0 Å². The number of carbonyl (C=O) groups excluding carboxylic acids is 1. The van der Waals surface area contributed by atoms with Crippen LogP contribution in [0.5, 0.6) is 11.5 Å². The molecule has 0 amide bonds. The summed E-state index contributed by atoms with van der Waals surface area (Å²) in [4.78, 5) is 24.3. The van der Waals surface area contributed by atoms with E-state index in [0.29, 0.717) is 6.54 Å². The van der Waals surface area contributed by atoms with Crippen molar-refractivity contribution in [3.05, 3.63) is 64.7 Å². The topological polar surface area (TPSA) is 120 Å². The van der Waals surface area contributed by atoms with E-state index >= 15 is 0 Å². The molecule has 30 heavy (non-hydrogen) atoms. The number of nitro groups is 1. The molecule has 0 aromatic heterocycles. The highest BCUT2D eigenvalue weighted by atomic mass is 31.2. The molecule has 0 aliphatic carbocycles. The summed E-state index contributed by atoms with van der Waals surface area (Å²) in [5.74, 6) is -0.301. The van der Waals surface area contributed by atoms with Gasteiger partial charge in [-0.05, 0) is 45.3 Å². The SMILES string of the molecule is C[C@H](NP(=O)(Oc1ccccc1)Oc1ccc([N+](=O)[O-])cc1)C(=O)OCCN(C)C. The third-order valence-electron chi connectivity index (χ3n) is 3.73. The van der Waals surface area contributed by atoms with Gasteiger partial charge in [-0.1, -0.05) is 18.2 Å². The molecule has 2 rings (SSSR count). The smallest absolute Gasteiger partial charge is 0.463 e. The van der Waals surface area contributed by atoms with Crippen LogP contribution in [-0.4, -0.2) is 49.1 Å².